The molecule has 0 aliphatic heterocycles. The molecule has 0 unspecified atom stereocenters. The molecule has 156 valence electrons. The van der Waals surface area contributed by atoms with Crippen LogP contribution in [0.5, 0.6) is 0 Å². The molecule has 7 heteroatoms. The first-order chi connectivity index (χ1) is 14.5. The number of hydrogen-bond acceptors (Lipinski definition) is 6. The van der Waals surface area contributed by atoms with Crippen LogP contribution in [-0.2, 0) is 19.1 Å². The summed E-state index contributed by atoms with van der Waals surface area (Å²) < 4.78 is 9.93. The highest BCUT2D eigenvalue weighted by atomic mass is 16.5. The van der Waals surface area contributed by atoms with Gasteiger partial charge in [0.1, 0.15) is 0 Å². The number of benzene rings is 2. The van der Waals surface area contributed by atoms with Crippen LogP contribution in [0.4, 0.5) is 0 Å². The molecule has 0 aliphatic rings. The van der Waals surface area contributed by atoms with Gasteiger partial charge in [0.25, 0.3) is 5.91 Å². The topological polar surface area (TPSA) is 85.3 Å². The molecular formula is C23H24N2O5. The molecule has 7 nitrogen and oxygen atoms in total. The van der Waals surface area contributed by atoms with Gasteiger partial charge in [-0.3, -0.25) is 4.79 Å². The van der Waals surface area contributed by atoms with Gasteiger partial charge in [0.15, 0.2) is 5.70 Å². The fourth-order valence-electron chi connectivity index (χ4n) is 2.41. The molecule has 2 aromatic carbocycles. The van der Waals surface area contributed by atoms with Gasteiger partial charge < -0.3 is 9.47 Å². The summed E-state index contributed by atoms with van der Waals surface area (Å²) in [6.07, 6.45) is 2.34. The molecular weight excluding hydrogens is 384 g/mol. The van der Waals surface area contributed by atoms with Crippen LogP contribution in [0, 0.1) is 6.92 Å². The molecule has 0 heterocycles. The Bertz CT molecular complexity index is 934. The van der Waals surface area contributed by atoms with Crippen molar-refractivity contribution in [1.29, 1.82) is 0 Å². The van der Waals surface area contributed by atoms with E-state index in [1.54, 1.807) is 44.2 Å². The van der Waals surface area contributed by atoms with Crippen LogP contribution in [-0.4, -0.2) is 42.3 Å². The van der Waals surface area contributed by atoms with Gasteiger partial charge in [-0.15, -0.1) is 0 Å². The first-order valence-corrected chi connectivity index (χ1v) is 9.52. The lowest BCUT2D eigenvalue weighted by atomic mass is 10.2. The lowest BCUT2D eigenvalue weighted by Gasteiger charge is -2.19. The first kappa shape index (κ1) is 22.5. The second kappa shape index (κ2) is 11.3. The molecule has 0 bridgehead atoms. The van der Waals surface area contributed by atoms with Crippen molar-refractivity contribution in [2.24, 2.45) is 5.10 Å². The summed E-state index contributed by atoms with van der Waals surface area (Å²) in [5.74, 6) is -2.24. The van der Waals surface area contributed by atoms with Gasteiger partial charge in [0.2, 0.25) is 0 Å². The maximum atomic E-state index is 13.1. The van der Waals surface area contributed by atoms with E-state index in [-0.39, 0.29) is 24.5 Å². The normalized spacial score (nSPS) is 11.2. The molecule has 1 amide bonds. The van der Waals surface area contributed by atoms with Crippen molar-refractivity contribution in [3.05, 3.63) is 83.1 Å². The molecule has 0 fully saturated rings. The Morgan fingerprint density at radius 1 is 0.933 bits per heavy atom. The number of nitrogens with zero attached hydrogens (tertiary/aromatic N) is 2. The highest BCUT2D eigenvalue weighted by molar-refractivity contribution is 6.04. The maximum absolute atomic E-state index is 13.1. The van der Waals surface area contributed by atoms with E-state index in [0.29, 0.717) is 5.56 Å². The van der Waals surface area contributed by atoms with E-state index in [4.69, 9.17) is 9.47 Å². The Morgan fingerprint density at radius 2 is 1.57 bits per heavy atom. The van der Waals surface area contributed by atoms with Crippen LogP contribution in [0.3, 0.4) is 0 Å². The number of carbonyl (C=O) groups excluding carboxylic acids is 3. The highest BCUT2D eigenvalue weighted by Crippen LogP contribution is 2.15. The van der Waals surface area contributed by atoms with E-state index in [9.17, 15) is 14.4 Å². The number of rotatable bonds is 8. The number of carbonyl (C=O) groups is 3. The van der Waals surface area contributed by atoms with Gasteiger partial charge in [-0.2, -0.15) is 10.1 Å². The van der Waals surface area contributed by atoms with Crippen LogP contribution in [0.1, 0.15) is 35.3 Å². The Kier molecular flexibility index (Phi) is 8.50. The van der Waals surface area contributed by atoms with Gasteiger partial charge >= 0.3 is 11.9 Å². The maximum Gasteiger partial charge on any atom is 0.357 e. The van der Waals surface area contributed by atoms with Crippen molar-refractivity contribution in [3.8, 4) is 0 Å². The largest absolute Gasteiger partial charge is 0.463 e. The molecule has 0 aromatic heterocycles. The summed E-state index contributed by atoms with van der Waals surface area (Å²) in [5, 5.41) is 5.05. The Morgan fingerprint density at radius 3 is 2.17 bits per heavy atom. The fourth-order valence-corrected chi connectivity index (χ4v) is 2.41. The molecule has 0 saturated heterocycles. The zero-order valence-corrected chi connectivity index (χ0v) is 17.2. The lowest BCUT2D eigenvalue weighted by molar-refractivity contribution is -0.142. The summed E-state index contributed by atoms with van der Waals surface area (Å²) in [6, 6.07) is 15.7. The summed E-state index contributed by atoms with van der Waals surface area (Å²) in [5.41, 5.74) is 1.73. The van der Waals surface area contributed by atoms with Crippen LogP contribution < -0.4 is 0 Å². The van der Waals surface area contributed by atoms with Gasteiger partial charge in [-0.05, 0) is 38.5 Å². The van der Waals surface area contributed by atoms with Crippen LogP contribution >= 0.6 is 0 Å². The summed E-state index contributed by atoms with van der Waals surface area (Å²) in [6.45, 7) is 5.39. The standard InChI is InChI=1S/C23H24N2O5/c1-4-29-21(26)15-20(23(28)30-5-2)25(22(27)19-9-7-6-8-10-19)24-16-18-13-11-17(3)12-14-18/h6-16H,4-5H2,1-3H3/b20-15-,24-16+. The first-order valence-electron chi connectivity index (χ1n) is 9.52. The molecule has 2 rings (SSSR count). The molecule has 0 aliphatic carbocycles. The minimum absolute atomic E-state index is 0.0635. The van der Waals surface area contributed by atoms with Crippen LogP contribution in [0.15, 0.2) is 71.5 Å². The van der Waals surface area contributed by atoms with Crippen LogP contribution in [0.2, 0.25) is 0 Å². The van der Waals surface area contributed by atoms with Crippen molar-refractivity contribution in [3.63, 3.8) is 0 Å². The third-order valence-corrected chi connectivity index (χ3v) is 3.87. The van der Waals surface area contributed by atoms with Crippen molar-refractivity contribution >= 4 is 24.1 Å². The molecule has 0 radical (unpaired) electrons. The van der Waals surface area contributed by atoms with Gasteiger partial charge in [-0.1, -0.05) is 48.0 Å². The lowest BCUT2D eigenvalue weighted by Crippen LogP contribution is -2.31. The summed E-state index contributed by atoms with van der Waals surface area (Å²) >= 11 is 0. The van der Waals surface area contributed by atoms with Gasteiger partial charge in [-0.25, -0.2) is 9.59 Å². The third kappa shape index (κ3) is 6.41. The number of hydrazone groups is 1. The third-order valence-electron chi connectivity index (χ3n) is 3.87. The Hall–Kier alpha value is -3.74. The van der Waals surface area contributed by atoms with Gasteiger partial charge in [0.05, 0.1) is 25.5 Å². The predicted octanol–water partition coefficient (Wildman–Crippen LogP) is 3.48. The minimum Gasteiger partial charge on any atom is -0.463 e. The Balaban J connectivity index is 2.51. The quantitative estimate of drug-likeness (QED) is 0.289. The predicted molar refractivity (Wildman–Crippen MR) is 113 cm³/mol. The van der Waals surface area contributed by atoms with E-state index < -0.39 is 17.8 Å². The summed E-state index contributed by atoms with van der Waals surface area (Å²) in [4.78, 5) is 37.7. The van der Waals surface area contributed by atoms with Gasteiger partial charge in [0, 0.05) is 5.56 Å². The van der Waals surface area contributed by atoms with E-state index in [2.05, 4.69) is 5.10 Å². The second-order valence-corrected chi connectivity index (χ2v) is 6.14. The number of amides is 1. The zero-order chi connectivity index (χ0) is 21.9. The molecule has 0 saturated carbocycles. The number of aryl methyl sites for hydroxylation is 1. The molecule has 0 atom stereocenters. The van der Waals surface area contributed by atoms with Crippen LogP contribution in [0.25, 0.3) is 0 Å². The van der Waals surface area contributed by atoms with Crippen molar-refractivity contribution in [2.45, 2.75) is 20.8 Å². The second-order valence-electron chi connectivity index (χ2n) is 6.14. The van der Waals surface area contributed by atoms with E-state index in [1.165, 1.54) is 6.21 Å². The summed E-state index contributed by atoms with van der Waals surface area (Å²) in [7, 11) is 0. The fraction of sp³-hybridized carbons (Fsp3) is 0.217. The minimum atomic E-state index is -0.865. The number of esters is 2. The zero-order valence-electron chi connectivity index (χ0n) is 17.2. The van der Waals surface area contributed by atoms with Crippen molar-refractivity contribution in [1.82, 2.24) is 5.01 Å². The highest BCUT2D eigenvalue weighted by Gasteiger charge is 2.27. The molecule has 0 N–H and O–H groups in total. The van der Waals surface area contributed by atoms with E-state index in [1.807, 2.05) is 31.2 Å². The number of ether oxygens (including phenoxy) is 2. The van der Waals surface area contributed by atoms with Crippen molar-refractivity contribution < 1.29 is 23.9 Å². The number of hydrogen-bond donors (Lipinski definition) is 0. The molecule has 0 spiro atoms. The van der Waals surface area contributed by atoms with E-state index in [0.717, 1.165) is 16.6 Å². The monoisotopic (exact) mass is 408 g/mol. The SMILES string of the molecule is CCOC(=O)/C=C(/C(=O)OCC)N(/N=C/c1ccc(C)cc1)C(=O)c1ccccc1. The average molecular weight is 408 g/mol. The smallest absolute Gasteiger partial charge is 0.357 e. The van der Waals surface area contributed by atoms with Crippen molar-refractivity contribution in [2.75, 3.05) is 13.2 Å². The Labute approximate surface area is 175 Å². The van der Waals surface area contributed by atoms with E-state index >= 15 is 0 Å². The molecule has 30 heavy (non-hydrogen) atoms. The average Bonchev–Trinajstić information content (AvgIpc) is 2.75. The molecule has 2 aromatic rings.